The van der Waals surface area contributed by atoms with Gasteiger partial charge < -0.3 is 0 Å². The molecular weight excluding hydrogens is 216 g/mol. The summed E-state index contributed by atoms with van der Waals surface area (Å²) in [6, 6.07) is 9.29. The SMILES string of the molecule is C=CCCC(Cl)S(=O)c1ccccc1. The molecule has 2 unspecified atom stereocenters. The van der Waals surface area contributed by atoms with Crippen LogP contribution in [0.1, 0.15) is 12.8 Å². The predicted octanol–water partition coefficient (Wildman–Crippen LogP) is 3.33. The molecule has 1 aromatic rings. The van der Waals surface area contributed by atoms with Crippen LogP contribution in [0, 0.1) is 0 Å². The van der Waals surface area contributed by atoms with Crippen molar-refractivity contribution in [1.29, 1.82) is 0 Å². The van der Waals surface area contributed by atoms with Gasteiger partial charge in [-0.2, -0.15) is 0 Å². The Kier molecular flexibility index (Phi) is 4.91. The summed E-state index contributed by atoms with van der Waals surface area (Å²) in [4.78, 5) is 0.788. The van der Waals surface area contributed by atoms with E-state index in [1.54, 1.807) is 6.08 Å². The first kappa shape index (κ1) is 11.5. The topological polar surface area (TPSA) is 17.1 Å². The molecule has 14 heavy (non-hydrogen) atoms. The lowest BCUT2D eigenvalue weighted by Gasteiger charge is -2.07. The van der Waals surface area contributed by atoms with E-state index in [0.29, 0.717) is 6.42 Å². The van der Waals surface area contributed by atoms with Crippen LogP contribution < -0.4 is 0 Å². The largest absolute Gasteiger partial charge is 0.253 e. The van der Waals surface area contributed by atoms with Crippen molar-refractivity contribution in [3.8, 4) is 0 Å². The van der Waals surface area contributed by atoms with Crippen LogP contribution in [-0.4, -0.2) is 8.92 Å². The molecule has 2 atom stereocenters. The highest BCUT2D eigenvalue weighted by molar-refractivity contribution is 7.87. The standard InChI is InChI=1S/C11H13ClOS/c1-2-3-9-11(12)14(13)10-7-5-4-6-8-10/h2,4-8,11H,1,3,9H2. The molecule has 0 aromatic heterocycles. The molecule has 1 nitrogen and oxygen atoms in total. The molecule has 1 aromatic carbocycles. The normalized spacial score (nSPS) is 14.6. The molecule has 0 spiro atoms. The van der Waals surface area contributed by atoms with Crippen LogP contribution in [0.2, 0.25) is 0 Å². The van der Waals surface area contributed by atoms with Gasteiger partial charge in [0.1, 0.15) is 4.71 Å². The smallest absolute Gasteiger partial charge is 0.114 e. The minimum Gasteiger partial charge on any atom is -0.253 e. The highest BCUT2D eigenvalue weighted by Gasteiger charge is 2.13. The Morgan fingerprint density at radius 1 is 1.43 bits per heavy atom. The van der Waals surface area contributed by atoms with Crippen molar-refractivity contribution in [2.45, 2.75) is 22.4 Å². The van der Waals surface area contributed by atoms with Crippen molar-refractivity contribution in [2.75, 3.05) is 0 Å². The van der Waals surface area contributed by atoms with Crippen molar-refractivity contribution >= 4 is 22.4 Å². The van der Waals surface area contributed by atoms with Gasteiger partial charge in [-0.3, -0.25) is 4.21 Å². The third-order valence-electron chi connectivity index (χ3n) is 1.81. The lowest BCUT2D eigenvalue weighted by Crippen LogP contribution is -2.07. The predicted molar refractivity (Wildman–Crippen MR) is 61.9 cm³/mol. The summed E-state index contributed by atoms with van der Waals surface area (Å²) in [7, 11) is -1.11. The van der Waals surface area contributed by atoms with Crippen LogP contribution in [0.4, 0.5) is 0 Å². The van der Waals surface area contributed by atoms with E-state index in [1.165, 1.54) is 0 Å². The van der Waals surface area contributed by atoms with Crippen LogP contribution in [0.3, 0.4) is 0 Å². The van der Waals surface area contributed by atoms with Gasteiger partial charge in [0.2, 0.25) is 0 Å². The quantitative estimate of drug-likeness (QED) is 0.558. The second-order valence-corrected chi connectivity index (χ2v) is 5.31. The number of halogens is 1. The maximum Gasteiger partial charge on any atom is 0.114 e. The zero-order chi connectivity index (χ0) is 10.4. The minimum atomic E-state index is -1.11. The summed E-state index contributed by atoms with van der Waals surface area (Å²) in [6.07, 6.45) is 3.29. The molecule has 1 rings (SSSR count). The molecular formula is C11H13ClOS. The molecule has 0 aliphatic rings. The summed E-state index contributed by atoms with van der Waals surface area (Å²) in [5.41, 5.74) is 0. The zero-order valence-electron chi connectivity index (χ0n) is 7.86. The van der Waals surface area contributed by atoms with Crippen molar-refractivity contribution in [1.82, 2.24) is 0 Å². The molecule has 0 aliphatic heterocycles. The summed E-state index contributed by atoms with van der Waals surface area (Å²) >= 11 is 6.00. The third-order valence-corrected chi connectivity index (χ3v) is 3.95. The Hall–Kier alpha value is -0.600. The molecule has 0 fully saturated rings. The molecule has 76 valence electrons. The van der Waals surface area contributed by atoms with Gasteiger partial charge >= 0.3 is 0 Å². The molecule has 0 saturated carbocycles. The highest BCUT2D eigenvalue weighted by atomic mass is 35.5. The monoisotopic (exact) mass is 228 g/mol. The number of rotatable bonds is 5. The fourth-order valence-corrected chi connectivity index (χ4v) is 2.56. The van der Waals surface area contributed by atoms with E-state index in [-0.39, 0.29) is 4.71 Å². The first-order valence-electron chi connectivity index (χ1n) is 4.46. The number of benzene rings is 1. The van der Waals surface area contributed by atoms with Gasteiger partial charge in [0.05, 0.1) is 10.8 Å². The summed E-state index contributed by atoms with van der Waals surface area (Å²) in [6.45, 7) is 3.61. The van der Waals surface area contributed by atoms with Crippen LogP contribution in [0.5, 0.6) is 0 Å². The average Bonchev–Trinajstić information content (AvgIpc) is 2.26. The van der Waals surface area contributed by atoms with E-state index in [4.69, 9.17) is 11.6 Å². The Morgan fingerprint density at radius 2 is 2.07 bits per heavy atom. The van der Waals surface area contributed by atoms with E-state index in [0.717, 1.165) is 11.3 Å². The third kappa shape index (κ3) is 3.28. The van der Waals surface area contributed by atoms with Gasteiger partial charge in [-0.25, -0.2) is 0 Å². The van der Waals surface area contributed by atoms with Crippen molar-refractivity contribution in [2.24, 2.45) is 0 Å². The highest BCUT2D eigenvalue weighted by Crippen LogP contribution is 2.17. The van der Waals surface area contributed by atoms with Gasteiger partial charge in [0, 0.05) is 4.90 Å². The molecule has 0 aliphatic carbocycles. The second-order valence-electron chi connectivity index (χ2n) is 2.89. The maximum absolute atomic E-state index is 11.8. The van der Waals surface area contributed by atoms with Crippen LogP contribution in [0.15, 0.2) is 47.9 Å². The van der Waals surface area contributed by atoms with Gasteiger partial charge in [0.15, 0.2) is 0 Å². The molecule has 3 heteroatoms. The minimum absolute atomic E-state index is 0.324. The second kappa shape index (κ2) is 5.99. The van der Waals surface area contributed by atoms with Crippen molar-refractivity contribution in [3.05, 3.63) is 43.0 Å². The average molecular weight is 229 g/mol. The molecule has 0 amide bonds. The lowest BCUT2D eigenvalue weighted by molar-refractivity contribution is 0.677. The van der Waals surface area contributed by atoms with E-state index >= 15 is 0 Å². The maximum atomic E-state index is 11.8. The van der Waals surface area contributed by atoms with Crippen LogP contribution in [0.25, 0.3) is 0 Å². The fraction of sp³-hybridized carbons (Fsp3) is 0.273. The first-order chi connectivity index (χ1) is 6.75. The Balaban J connectivity index is 2.61. The van der Waals surface area contributed by atoms with Gasteiger partial charge in [-0.15, -0.1) is 18.2 Å². The Morgan fingerprint density at radius 3 is 2.64 bits per heavy atom. The summed E-state index contributed by atoms with van der Waals surface area (Å²) in [5, 5.41) is 0. The number of alkyl halides is 1. The Bertz CT molecular complexity index is 310. The number of hydrogen-bond donors (Lipinski definition) is 0. The van der Waals surface area contributed by atoms with Crippen LogP contribution in [-0.2, 0) is 10.8 Å². The van der Waals surface area contributed by atoms with E-state index in [1.807, 2.05) is 30.3 Å². The summed E-state index contributed by atoms with van der Waals surface area (Å²) < 4.78 is 11.5. The van der Waals surface area contributed by atoms with E-state index in [2.05, 4.69) is 6.58 Å². The number of allylic oxidation sites excluding steroid dienone is 1. The summed E-state index contributed by atoms with van der Waals surface area (Å²) in [5.74, 6) is 0. The van der Waals surface area contributed by atoms with E-state index in [9.17, 15) is 4.21 Å². The molecule has 0 N–H and O–H groups in total. The molecule has 0 heterocycles. The zero-order valence-corrected chi connectivity index (χ0v) is 9.43. The lowest BCUT2D eigenvalue weighted by atomic mass is 10.3. The first-order valence-corrected chi connectivity index (χ1v) is 6.11. The molecule has 0 bridgehead atoms. The molecule has 0 saturated heterocycles. The van der Waals surface area contributed by atoms with Crippen molar-refractivity contribution in [3.63, 3.8) is 0 Å². The van der Waals surface area contributed by atoms with Gasteiger partial charge in [-0.05, 0) is 25.0 Å². The Labute approximate surface area is 92.2 Å². The van der Waals surface area contributed by atoms with E-state index < -0.39 is 10.8 Å². The van der Waals surface area contributed by atoms with Gasteiger partial charge in [-0.1, -0.05) is 24.3 Å². The van der Waals surface area contributed by atoms with Crippen LogP contribution >= 0.6 is 11.6 Å². The van der Waals surface area contributed by atoms with Gasteiger partial charge in [0.25, 0.3) is 0 Å². The molecule has 0 radical (unpaired) electrons. The number of hydrogen-bond acceptors (Lipinski definition) is 1. The van der Waals surface area contributed by atoms with Crippen molar-refractivity contribution < 1.29 is 4.21 Å². The fourth-order valence-electron chi connectivity index (χ4n) is 1.06.